The summed E-state index contributed by atoms with van der Waals surface area (Å²) in [4.78, 5) is 7.16. The molecule has 5 nitrogen and oxygen atoms in total. The lowest BCUT2D eigenvalue weighted by Gasteiger charge is -2.26. The Morgan fingerprint density at radius 3 is 2.62 bits per heavy atom. The molecule has 1 aromatic heterocycles. The van der Waals surface area contributed by atoms with Gasteiger partial charge in [-0.15, -0.1) is 0 Å². The molecule has 1 heterocycles. The van der Waals surface area contributed by atoms with Gasteiger partial charge in [0.05, 0.1) is 39.3 Å². The molecule has 3 aromatic rings. The van der Waals surface area contributed by atoms with Crippen LogP contribution in [-0.4, -0.2) is 31.8 Å². The molecule has 0 radical (unpaired) electrons. The monoisotopic (exact) mass is 494 g/mol. The summed E-state index contributed by atoms with van der Waals surface area (Å²) in [5.41, 5.74) is 4.89. The van der Waals surface area contributed by atoms with Crippen molar-refractivity contribution in [3.63, 3.8) is 0 Å². The number of anilines is 4. The van der Waals surface area contributed by atoms with Crippen LogP contribution in [0.4, 0.5) is 22.9 Å². The third-order valence-electron chi connectivity index (χ3n) is 5.60. The second kappa shape index (κ2) is 11.4. The zero-order valence-corrected chi connectivity index (χ0v) is 20.8. The fourth-order valence-corrected chi connectivity index (χ4v) is 4.23. The summed E-state index contributed by atoms with van der Waals surface area (Å²) in [6, 6.07) is 18.4. The van der Waals surface area contributed by atoms with E-state index in [0.29, 0.717) is 23.1 Å². The lowest BCUT2D eigenvalue weighted by molar-refractivity contribution is 0.205. The van der Waals surface area contributed by atoms with Gasteiger partial charge in [0.25, 0.3) is 0 Å². The first kappa shape index (κ1) is 24.1. The molecule has 2 aromatic carbocycles. The number of methoxy groups -OCH3 is 1. The number of pyridine rings is 1. The van der Waals surface area contributed by atoms with Gasteiger partial charge in [-0.25, -0.2) is 4.98 Å². The predicted molar refractivity (Wildman–Crippen MR) is 145 cm³/mol. The molecule has 0 atom stereocenters. The van der Waals surface area contributed by atoms with E-state index in [1.807, 2.05) is 54.6 Å². The minimum atomic E-state index is 0.513. The van der Waals surface area contributed by atoms with Crippen molar-refractivity contribution in [1.82, 2.24) is 4.98 Å². The van der Waals surface area contributed by atoms with Crippen molar-refractivity contribution in [1.29, 1.82) is 0 Å². The van der Waals surface area contributed by atoms with Gasteiger partial charge in [-0.05, 0) is 37.3 Å². The summed E-state index contributed by atoms with van der Waals surface area (Å²) in [5.74, 6) is 0.751. The molecule has 0 amide bonds. The number of allylic oxidation sites excluding steroid dienone is 5. The maximum atomic E-state index is 6.33. The molecule has 0 saturated heterocycles. The largest absolute Gasteiger partial charge is 0.383 e. The number of fused-ring (bicyclic) bond motifs is 1. The maximum absolute atomic E-state index is 6.33. The molecule has 1 aliphatic carbocycles. The molecule has 7 heteroatoms. The van der Waals surface area contributed by atoms with Gasteiger partial charge in [0.2, 0.25) is 0 Å². The third-order valence-corrected chi connectivity index (χ3v) is 6.34. The molecule has 1 aliphatic rings. The number of ether oxygens (including phenoxy) is 1. The van der Waals surface area contributed by atoms with Crippen LogP contribution in [-0.2, 0) is 4.74 Å². The average Bonchev–Trinajstić information content (AvgIpc) is 3.00. The van der Waals surface area contributed by atoms with Crippen LogP contribution in [0.1, 0.15) is 13.3 Å². The van der Waals surface area contributed by atoms with Crippen LogP contribution in [0, 0.1) is 0 Å². The van der Waals surface area contributed by atoms with E-state index in [4.69, 9.17) is 32.9 Å². The zero-order valence-electron chi connectivity index (χ0n) is 19.3. The maximum Gasteiger partial charge on any atom is 0.133 e. The summed E-state index contributed by atoms with van der Waals surface area (Å²) in [5, 5.41) is 9.15. The van der Waals surface area contributed by atoms with Gasteiger partial charge in [0.15, 0.2) is 0 Å². The standard InChI is InChI=1S/C27H28Cl2N4O/c1-3-33(15-16-34-2)26-14-7-6-13-24(26)32-27-18-25(20-10-4-5-12-23(20)31-27)30-19-9-8-11-21(28)22(29)17-19/h4-8,10-14,17-18H,3,9,15-16H2,1-2H3,(H2,30,31,32). The van der Waals surface area contributed by atoms with Crippen LogP contribution in [0.15, 0.2) is 88.6 Å². The number of para-hydroxylation sites is 3. The van der Waals surface area contributed by atoms with Crippen molar-refractivity contribution in [2.24, 2.45) is 0 Å². The lowest BCUT2D eigenvalue weighted by Crippen LogP contribution is -2.27. The Labute approximate surface area is 210 Å². The molecule has 4 rings (SSSR count). The van der Waals surface area contributed by atoms with Crippen molar-refractivity contribution >= 4 is 57.0 Å². The summed E-state index contributed by atoms with van der Waals surface area (Å²) in [6.45, 7) is 4.49. The highest BCUT2D eigenvalue weighted by molar-refractivity contribution is 6.41. The van der Waals surface area contributed by atoms with Crippen molar-refractivity contribution < 1.29 is 4.74 Å². The van der Waals surface area contributed by atoms with Gasteiger partial charge in [-0.2, -0.15) is 0 Å². The Morgan fingerprint density at radius 1 is 1.00 bits per heavy atom. The SMILES string of the molecule is CCN(CCOC)c1ccccc1Nc1cc(NC2=CC(Cl)=C(Cl)C=CC2)c2ccccc2n1. The number of aromatic nitrogens is 1. The Kier molecular flexibility index (Phi) is 8.12. The highest BCUT2D eigenvalue weighted by Gasteiger charge is 2.13. The van der Waals surface area contributed by atoms with Crippen LogP contribution >= 0.6 is 23.2 Å². The Bertz CT molecular complexity index is 1250. The zero-order chi connectivity index (χ0) is 23.9. The van der Waals surface area contributed by atoms with Crippen molar-refractivity contribution in [2.75, 3.05) is 42.3 Å². The van der Waals surface area contributed by atoms with E-state index < -0.39 is 0 Å². The van der Waals surface area contributed by atoms with Crippen LogP contribution < -0.4 is 15.5 Å². The topological polar surface area (TPSA) is 49.4 Å². The van der Waals surface area contributed by atoms with Crippen LogP contribution in [0.3, 0.4) is 0 Å². The molecule has 0 unspecified atom stereocenters. The normalized spacial score (nSPS) is 13.6. The first-order valence-electron chi connectivity index (χ1n) is 11.3. The third kappa shape index (κ3) is 5.73. The first-order valence-corrected chi connectivity index (χ1v) is 12.0. The van der Waals surface area contributed by atoms with E-state index in [9.17, 15) is 0 Å². The number of nitrogens with zero attached hydrogens (tertiary/aromatic N) is 2. The van der Waals surface area contributed by atoms with Crippen molar-refractivity contribution in [3.05, 3.63) is 88.6 Å². The minimum Gasteiger partial charge on any atom is -0.383 e. The summed E-state index contributed by atoms with van der Waals surface area (Å²) < 4.78 is 5.30. The Balaban J connectivity index is 1.69. The molecule has 0 spiro atoms. The van der Waals surface area contributed by atoms with E-state index in [1.54, 1.807) is 7.11 Å². The molecule has 0 bridgehead atoms. The molecule has 0 fully saturated rings. The number of likely N-dealkylation sites (N-methyl/N-ethyl adjacent to an activating group) is 1. The molecule has 0 aliphatic heterocycles. The van der Waals surface area contributed by atoms with E-state index in [-0.39, 0.29) is 0 Å². The fourth-order valence-electron chi connectivity index (χ4n) is 3.90. The summed E-state index contributed by atoms with van der Waals surface area (Å²) in [7, 11) is 1.72. The smallest absolute Gasteiger partial charge is 0.133 e. The number of hydrogen-bond acceptors (Lipinski definition) is 5. The highest BCUT2D eigenvalue weighted by atomic mass is 35.5. The molecule has 2 N–H and O–H groups in total. The number of rotatable bonds is 9. The number of nitrogens with one attached hydrogen (secondary N) is 2. The molecular weight excluding hydrogens is 467 g/mol. The van der Waals surface area contributed by atoms with Crippen LogP contribution in [0.25, 0.3) is 10.9 Å². The van der Waals surface area contributed by atoms with Gasteiger partial charge in [0, 0.05) is 43.8 Å². The van der Waals surface area contributed by atoms with E-state index in [2.05, 4.69) is 40.7 Å². The fraction of sp³-hybridized carbons (Fsp3) is 0.222. The second-order valence-corrected chi connectivity index (χ2v) is 8.70. The van der Waals surface area contributed by atoms with Gasteiger partial charge in [0.1, 0.15) is 5.82 Å². The molecule has 34 heavy (non-hydrogen) atoms. The number of halogens is 2. The lowest BCUT2D eigenvalue weighted by atomic mass is 10.1. The second-order valence-electron chi connectivity index (χ2n) is 7.88. The van der Waals surface area contributed by atoms with Crippen molar-refractivity contribution in [3.8, 4) is 0 Å². The van der Waals surface area contributed by atoms with E-state index >= 15 is 0 Å². The number of hydrogen-bond donors (Lipinski definition) is 2. The van der Waals surface area contributed by atoms with Crippen molar-refractivity contribution in [2.45, 2.75) is 13.3 Å². The Morgan fingerprint density at radius 2 is 1.79 bits per heavy atom. The summed E-state index contributed by atoms with van der Waals surface area (Å²) in [6.07, 6.45) is 6.39. The average molecular weight is 495 g/mol. The van der Waals surface area contributed by atoms with Gasteiger partial charge in [-0.1, -0.05) is 59.6 Å². The summed E-state index contributed by atoms with van der Waals surface area (Å²) >= 11 is 12.5. The Hall–Kier alpha value is -2.99. The van der Waals surface area contributed by atoms with Gasteiger partial charge < -0.3 is 20.3 Å². The van der Waals surface area contributed by atoms with Crippen LogP contribution in [0.2, 0.25) is 0 Å². The molecule has 0 saturated carbocycles. The van der Waals surface area contributed by atoms with Crippen LogP contribution in [0.5, 0.6) is 0 Å². The predicted octanol–water partition coefficient (Wildman–Crippen LogP) is 7.40. The van der Waals surface area contributed by atoms with Gasteiger partial charge in [-0.3, -0.25) is 0 Å². The quantitative estimate of drug-likeness (QED) is 0.324. The molecular formula is C27H28Cl2N4O. The van der Waals surface area contributed by atoms with Gasteiger partial charge >= 0.3 is 0 Å². The number of benzene rings is 2. The van der Waals surface area contributed by atoms with E-state index in [1.165, 1.54) is 0 Å². The minimum absolute atomic E-state index is 0.513. The van der Waals surface area contributed by atoms with E-state index in [0.717, 1.165) is 52.6 Å². The highest BCUT2D eigenvalue weighted by Crippen LogP contribution is 2.33. The molecule has 176 valence electrons. The first-order chi connectivity index (χ1) is 16.6.